The van der Waals surface area contributed by atoms with Crippen molar-refractivity contribution in [3.05, 3.63) is 17.6 Å². The molecule has 0 aromatic carbocycles. The van der Waals surface area contributed by atoms with E-state index < -0.39 is 5.97 Å². The molecule has 0 unspecified atom stereocenters. The average Bonchev–Trinajstić information content (AvgIpc) is 2.24. The highest BCUT2D eigenvalue weighted by molar-refractivity contribution is 7.99. The highest BCUT2D eigenvalue weighted by atomic mass is 32.2. The van der Waals surface area contributed by atoms with Gasteiger partial charge in [0.1, 0.15) is 17.2 Å². The van der Waals surface area contributed by atoms with Gasteiger partial charge in [0, 0.05) is 10.9 Å². The van der Waals surface area contributed by atoms with Gasteiger partial charge in [0.25, 0.3) is 0 Å². The van der Waals surface area contributed by atoms with Crippen LogP contribution in [0.25, 0.3) is 0 Å². The van der Waals surface area contributed by atoms with Crippen molar-refractivity contribution in [1.82, 2.24) is 9.97 Å². The van der Waals surface area contributed by atoms with E-state index in [0.717, 1.165) is 0 Å². The molecule has 0 saturated heterocycles. The number of ether oxygens (including phenoxy) is 1. The van der Waals surface area contributed by atoms with Crippen LogP contribution in [0.4, 0.5) is 5.82 Å². The van der Waals surface area contributed by atoms with Gasteiger partial charge in [0.15, 0.2) is 0 Å². The van der Waals surface area contributed by atoms with Gasteiger partial charge in [0.2, 0.25) is 0 Å². The SMILES string of the molecule is COC(=O)c1cnc(CSC(C)(C)C)nc1N. The van der Waals surface area contributed by atoms with E-state index in [2.05, 4.69) is 35.5 Å². The largest absolute Gasteiger partial charge is 0.465 e. The zero-order chi connectivity index (χ0) is 13.1. The number of hydrogen-bond donors (Lipinski definition) is 1. The lowest BCUT2D eigenvalue weighted by Crippen LogP contribution is -2.12. The Balaban J connectivity index is 2.79. The van der Waals surface area contributed by atoms with E-state index in [1.807, 2.05) is 0 Å². The van der Waals surface area contributed by atoms with Crippen LogP contribution in [0, 0.1) is 0 Å². The third-order valence-electron chi connectivity index (χ3n) is 1.91. The quantitative estimate of drug-likeness (QED) is 0.831. The molecule has 0 bridgehead atoms. The first-order chi connectivity index (χ1) is 7.83. The highest BCUT2D eigenvalue weighted by Gasteiger charge is 2.15. The molecule has 94 valence electrons. The first kappa shape index (κ1) is 13.8. The lowest BCUT2D eigenvalue weighted by atomic mass is 10.3. The minimum absolute atomic E-state index is 0.138. The minimum Gasteiger partial charge on any atom is -0.465 e. The fourth-order valence-electron chi connectivity index (χ4n) is 1.05. The highest BCUT2D eigenvalue weighted by Crippen LogP contribution is 2.26. The van der Waals surface area contributed by atoms with Crippen LogP contribution >= 0.6 is 11.8 Å². The van der Waals surface area contributed by atoms with Crippen molar-refractivity contribution in [2.75, 3.05) is 12.8 Å². The first-order valence-corrected chi connectivity index (χ1v) is 6.15. The summed E-state index contributed by atoms with van der Waals surface area (Å²) < 4.78 is 4.71. The molecule has 5 nitrogen and oxygen atoms in total. The van der Waals surface area contributed by atoms with Crippen molar-refractivity contribution < 1.29 is 9.53 Å². The van der Waals surface area contributed by atoms with Crippen molar-refractivity contribution in [2.24, 2.45) is 0 Å². The minimum atomic E-state index is -0.516. The molecule has 17 heavy (non-hydrogen) atoms. The molecule has 0 saturated carbocycles. The molecule has 0 aliphatic heterocycles. The van der Waals surface area contributed by atoms with Gasteiger partial charge >= 0.3 is 5.97 Å². The summed E-state index contributed by atoms with van der Waals surface area (Å²) in [5.41, 5.74) is 5.88. The fraction of sp³-hybridized carbons (Fsp3) is 0.545. The van der Waals surface area contributed by atoms with Crippen molar-refractivity contribution in [1.29, 1.82) is 0 Å². The van der Waals surface area contributed by atoms with Crippen LogP contribution in [0.3, 0.4) is 0 Å². The van der Waals surface area contributed by atoms with Crippen molar-refractivity contribution in [2.45, 2.75) is 31.3 Å². The molecule has 0 fully saturated rings. The predicted molar refractivity (Wildman–Crippen MR) is 68.8 cm³/mol. The van der Waals surface area contributed by atoms with Crippen LogP contribution in [0.5, 0.6) is 0 Å². The summed E-state index contributed by atoms with van der Waals surface area (Å²) in [7, 11) is 1.30. The Morgan fingerprint density at radius 3 is 2.65 bits per heavy atom. The molecule has 1 aromatic rings. The maximum atomic E-state index is 11.3. The lowest BCUT2D eigenvalue weighted by Gasteiger charge is -2.16. The van der Waals surface area contributed by atoms with E-state index in [0.29, 0.717) is 11.6 Å². The summed E-state index contributed by atoms with van der Waals surface area (Å²) in [6.07, 6.45) is 1.41. The van der Waals surface area contributed by atoms with Crippen molar-refractivity contribution >= 4 is 23.5 Å². The Hall–Kier alpha value is -1.30. The standard InChI is InChI=1S/C11H17N3O2S/c1-11(2,3)17-6-8-13-5-7(9(12)14-8)10(15)16-4/h5H,6H2,1-4H3,(H2,12,13,14). The molecule has 0 aliphatic carbocycles. The van der Waals surface area contributed by atoms with Crippen molar-refractivity contribution in [3.63, 3.8) is 0 Å². The molecule has 0 atom stereocenters. The Labute approximate surface area is 105 Å². The molecule has 0 amide bonds. The second-order valence-corrected chi connectivity index (χ2v) is 6.28. The normalized spacial score (nSPS) is 11.3. The summed E-state index contributed by atoms with van der Waals surface area (Å²) in [5, 5.41) is 0. The predicted octanol–water partition coefficient (Wildman–Crippen LogP) is 1.88. The second kappa shape index (κ2) is 5.35. The topological polar surface area (TPSA) is 78.1 Å². The number of aromatic nitrogens is 2. The molecular formula is C11H17N3O2S. The van der Waals surface area contributed by atoms with Crippen LogP contribution in [0.15, 0.2) is 6.20 Å². The van der Waals surface area contributed by atoms with Crippen LogP contribution in [-0.4, -0.2) is 27.8 Å². The Kier molecular flexibility index (Phi) is 4.34. The molecule has 1 heterocycles. The van der Waals surface area contributed by atoms with E-state index in [1.165, 1.54) is 13.3 Å². The molecular weight excluding hydrogens is 238 g/mol. The first-order valence-electron chi connectivity index (χ1n) is 5.17. The number of hydrogen-bond acceptors (Lipinski definition) is 6. The number of nitrogen functional groups attached to an aromatic ring is 1. The van der Waals surface area contributed by atoms with Gasteiger partial charge < -0.3 is 10.5 Å². The van der Waals surface area contributed by atoms with Gasteiger partial charge in [-0.3, -0.25) is 0 Å². The number of methoxy groups -OCH3 is 1. The van der Waals surface area contributed by atoms with Crippen LogP contribution in [0.1, 0.15) is 37.0 Å². The van der Waals surface area contributed by atoms with E-state index in [-0.39, 0.29) is 16.1 Å². The monoisotopic (exact) mass is 255 g/mol. The molecule has 0 aliphatic rings. The van der Waals surface area contributed by atoms with Gasteiger partial charge in [-0.25, -0.2) is 14.8 Å². The van der Waals surface area contributed by atoms with Crippen LogP contribution in [-0.2, 0) is 10.5 Å². The summed E-state index contributed by atoms with van der Waals surface area (Å²) in [4.78, 5) is 19.5. The molecule has 1 aromatic heterocycles. The van der Waals surface area contributed by atoms with E-state index in [4.69, 9.17) is 5.73 Å². The smallest absolute Gasteiger partial charge is 0.343 e. The van der Waals surface area contributed by atoms with Crippen molar-refractivity contribution in [3.8, 4) is 0 Å². The zero-order valence-electron chi connectivity index (χ0n) is 10.5. The molecule has 1 rings (SSSR count). The number of esters is 1. The average molecular weight is 255 g/mol. The Morgan fingerprint density at radius 1 is 1.53 bits per heavy atom. The molecule has 2 N–H and O–H groups in total. The third kappa shape index (κ3) is 4.22. The van der Waals surface area contributed by atoms with E-state index in [9.17, 15) is 4.79 Å². The number of nitrogens with two attached hydrogens (primary N) is 1. The summed E-state index contributed by atoms with van der Waals surface area (Å²) in [5.74, 6) is 0.929. The summed E-state index contributed by atoms with van der Waals surface area (Å²) >= 11 is 1.72. The number of anilines is 1. The molecule has 0 spiro atoms. The Morgan fingerprint density at radius 2 is 2.18 bits per heavy atom. The molecule has 0 radical (unpaired) electrons. The third-order valence-corrected chi connectivity index (χ3v) is 3.18. The maximum absolute atomic E-state index is 11.3. The number of nitrogens with zero attached hydrogens (tertiary/aromatic N) is 2. The Bertz CT molecular complexity index is 416. The van der Waals surface area contributed by atoms with Crippen LogP contribution in [0.2, 0.25) is 0 Å². The lowest BCUT2D eigenvalue weighted by molar-refractivity contribution is 0.0601. The second-order valence-electron chi connectivity index (χ2n) is 4.48. The van der Waals surface area contributed by atoms with Gasteiger partial charge in [-0.15, -0.1) is 11.8 Å². The van der Waals surface area contributed by atoms with Gasteiger partial charge in [-0.1, -0.05) is 20.8 Å². The van der Waals surface area contributed by atoms with Gasteiger partial charge in [-0.05, 0) is 0 Å². The zero-order valence-corrected chi connectivity index (χ0v) is 11.3. The number of carbonyl (C=O) groups excluding carboxylic acids is 1. The summed E-state index contributed by atoms with van der Waals surface area (Å²) in [6, 6.07) is 0. The number of thioether (sulfide) groups is 1. The fourth-order valence-corrected chi connectivity index (χ4v) is 1.75. The maximum Gasteiger partial charge on any atom is 0.343 e. The van der Waals surface area contributed by atoms with E-state index >= 15 is 0 Å². The number of rotatable bonds is 3. The summed E-state index contributed by atoms with van der Waals surface area (Å²) in [6.45, 7) is 6.34. The van der Waals surface area contributed by atoms with Gasteiger partial charge in [-0.2, -0.15) is 0 Å². The number of carbonyl (C=O) groups is 1. The van der Waals surface area contributed by atoms with E-state index in [1.54, 1.807) is 11.8 Å². The molecule has 6 heteroatoms. The van der Waals surface area contributed by atoms with Gasteiger partial charge in [0.05, 0.1) is 12.9 Å². The van der Waals surface area contributed by atoms with Crippen LogP contribution < -0.4 is 5.73 Å².